The van der Waals surface area contributed by atoms with Crippen LogP contribution in [0.15, 0.2) is 40.9 Å². The third kappa shape index (κ3) is 4.90. The lowest BCUT2D eigenvalue weighted by Crippen LogP contribution is -2.42. The zero-order valence-corrected chi connectivity index (χ0v) is 22.8. The summed E-state index contributed by atoms with van der Waals surface area (Å²) in [7, 11) is 5.15. The van der Waals surface area contributed by atoms with E-state index in [9.17, 15) is 4.79 Å². The highest BCUT2D eigenvalue weighted by Gasteiger charge is 2.38. The second kappa shape index (κ2) is 10.3. The number of hydrogen-bond donors (Lipinski definition) is 0. The second-order valence-corrected chi connectivity index (χ2v) is 10.1. The number of nitrogens with zero attached hydrogens (tertiary/aromatic N) is 1. The van der Waals surface area contributed by atoms with Crippen LogP contribution in [0.25, 0.3) is 10.9 Å². The molecule has 0 aliphatic heterocycles. The maximum absolute atomic E-state index is 13.7. The van der Waals surface area contributed by atoms with Crippen molar-refractivity contribution in [2.75, 3.05) is 14.2 Å². The van der Waals surface area contributed by atoms with Crippen LogP contribution >= 0.6 is 15.9 Å². The van der Waals surface area contributed by atoms with Gasteiger partial charge >= 0.3 is 5.97 Å². The fraction of sp³-hybridized carbons (Fsp3) is 0.444. The molecule has 0 bridgehead atoms. The Hall–Kier alpha value is -2.67. The van der Waals surface area contributed by atoms with Gasteiger partial charge in [0, 0.05) is 12.4 Å². The van der Waals surface area contributed by atoms with Gasteiger partial charge < -0.3 is 23.5 Å². The van der Waals surface area contributed by atoms with Crippen molar-refractivity contribution >= 4 is 32.8 Å². The van der Waals surface area contributed by atoms with E-state index >= 15 is 0 Å². The van der Waals surface area contributed by atoms with Gasteiger partial charge in [-0.1, -0.05) is 27.7 Å². The minimum atomic E-state index is -0.618. The number of halogens is 1. The molecule has 184 valence electrons. The number of rotatable bonds is 9. The highest BCUT2D eigenvalue weighted by Crippen LogP contribution is 2.37. The second-order valence-electron chi connectivity index (χ2n) is 9.23. The standard InChI is InChI=1S/C27H34BrNO5/c1-16(2)27(5,17(3)4)34-26(30)25-20-13-24(32-8)21(28)14-22(20)29(6)23(25)15-33-19-11-9-18(31-7)10-12-19/h9-14,16-17H,15H2,1-8H3. The molecule has 0 atom stereocenters. The predicted molar refractivity (Wildman–Crippen MR) is 138 cm³/mol. The summed E-state index contributed by atoms with van der Waals surface area (Å²) in [6.45, 7) is 10.5. The van der Waals surface area contributed by atoms with Crippen LogP contribution in [0, 0.1) is 11.8 Å². The smallest absolute Gasteiger partial charge is 0.341 e. The van der Waals surface area contributed by atoms with Crippen molar-refractivity contribution in [1.29, 1.82) is 0 Å². The molecule has 0 aliphatic carbocycles. The number of fused-ring (bicyclic) bond motifs is 1. The molecule has 0 fully saturated rings. The van der Waals surface area contributed by atoms with Crippen molar-refractivity contribution in [2.24, 2.45) is 18.9 Å². The Labute approximate surface area is 210 Å². The summed E-state index contributed by atoms with van der Waals surface area (Å²) >= 11 is 3.56. The zero-order valence-electron chi connectivity index (χ0n) is 21.2. The van der Waals surface area contributed by atoms with E-state index < -0.39 is 5.60 Å². The number of hydrogen-bond acceptors (Lipinski definition) is 5. The molecule has 6 nitrogen and oxygen atoms in total. The van der Waals surface area contributed by atoms with Gasteiger partial charge in [-0.2, -0.15) is 0 Å². The lowest BCUT2D eigenvalue weighted by Gasteiger charge is -2.37. The number of aromatic nitrogens is 1. The van der Waals surface area contributed by atoms with Crippen molar-refractivity contribution in [1.82, 2.24) is 4.57 Å². The van der Waals surface area contributed by atoms with E-state index in [1.807, 2.05) is 54.9 Å². The average Bonchev–Trinajstić information content (AvgIpc) is 3.07. The average molecular weight is 532 g/mol. The van der Waals surface area contributed by atoms with Crippen LogP contribution in [-0.2, 0) is 18.4 Å². The van der Waals surface area contributed by atoms with E-state index in [1.54, 1.807) is 14.2 Å². The molecule has 0 spiro atoms. The van der Waals surface area contributed by atoms with Crippen LogP contribution in [0.4, 0.5) is 0 Å². The number of ether oxygens (including phenoxy) is 4. The molecule has 0 saturated carbocycles. The van der Waals surface area contributed by atoms with Gasteiger partial charge in [0.1, 0.15) is 29.5 Å². The molecule has 0 aliphatic rings. The van der Waals surface area contributed by atoms with Gasteiger partial charge in [-0.25, -0.2) is 4.79 Å². The number of carbonyl (C=O) groups excluding carboxylic acids is 1. The first kappa shape index (κ1) is 25.9. The van der Waals surface area contributed by atoms with Crippen molar-refractivity contribution in [3.63, 3.8) is 0 Å². The summed E-state index contributed by atoms with van der Waals surface area (Å²) < 4.78 is 25.8. The van der Waals surface area contributed by atoms with Gasteiger partial charge in [0.25, 0.3) is 0 Å². The number of carbonyl (C=O) groups is 1. The van der Waals surface area contributed by atoms with Crippen molar-refractivity contribution in [2.45, 2.75) is 46.8 Å². The Morgan fingerprint density at radius 2 is 1.59 bits per heavy atom. The van der Waals surface area contributed by atoms with Crippen LogP contribution in [0.5, 0.6) is 17.2 Å². The molecule has 1 aromatic heterocycles. The Morgan fingerprint density at radius 3 is 2.12 bits per heavy atom. The summed E-state index contributed by atoms with van der Waals surface area (Å²) in [4.78, 5) is 13.7. The van der Waals surface area contributed by atoms with Gasteiger partial charge in [0.2, 0.25) is 0 Å². The SMILES string of the molecule is COc1ccc(OCc2c(C(=O)OC(C)(C(C)C)C(C)C)c3cc(OC)c(Br)cc3n2C)cc1. The number of aryl methyl sites for hydroxylation is 1. The Balaban J connectivity index is 2.09. The first-order valence-electron chi connectivity index (χ1n) is 11.4. The van der Waals surface area contributed by atoms with Crippen LogP contribution in [0.1, 0.15) is 50.7 Å². The summed E-state index contributed by atoms with van der Waals surface area (Å²) in [5.74, 6) is 2.00. The lowest BCUT2D eigenvalue weighted by atomic mass is 9.82. The van der Waals surface area contributed by atoms with Crippen LogP contribution in [0.2, 0.25) is 0 Å². The number of esters is 1. The highest BCUT2D eigenvalue weighted by molar-refractivity contribution is 9.10. The van der Waals surface area contributed by atoms with Crippen molar-refractivity contribution in [3.05, 3.63) is 52.1 Å². The number of benzene rings is 2. The summed E-state index contributed by atoms with van der Waals surface area (Å²) in [6.07, 6.45) is 0. The summed E-state index contributed by atoms with van der Waals surface area (Å²) in [5, 5.41) is 0.760. The predicted octanol–water partition coefficient (Wildman–Crippen LogP) is 6.76. The van der Waals surface area contributed by atoms with E-state index in [1.165, 1.54) is 0 Å². The topological polar surface area (TPSA) is 58.9 Å². The van der Waals surface area contributed by atoms with Crippen LogP contribution in [-0.4, -0.2) is 30.4 Å². The number of methoxy groups -OCH3 is 2. The van der Waals surface area contributed by atoms with Gasteiger partial charge in [-0.3, -0.25) is 0 Å². The Kier molecular flexibility index (Phi) is 7.86. The summed E-state index contributed by atoms with van der Waals surface area (Å²) in [6, 6.07) is 11.2. The molecule has 0 saturated heterocycles. The van der Waals surface area contributed by atoms with E-state index in [0.717, 1.165) is 26.8 Å². The van der Waals surface area contributed by atoms with Crippen LogP contribution < -0.4 is 14.2 Å². The molecule has 2 aromatic carbocycles. The molecule has 34 heavy (non-hydrogen) atoms. The Bertz CT molecular complexity index is 1160. The minimum absolute atomic E-state index is 0.147. The third-order valence-electron chi connectivity index (χ3n) is 6.84. The van der Waals surface area contributed by atoms with Crippen molar-refractivity contribution in [3.8, 4) is 17.2 Å². The third-order valence-corrected chi connectivity index (χ3v) is 7.46. The monoisotopic (exact) mass is 531 g/mol. The molecule has 0 unspecified atom stereocenters. The molecular weight excluding hydrogens is 498 g/mol. The molecule has 7 heteroatoms. The molecule has 0 radical (unpaired) electrons. The molecule has 3 rings (SSSR count). The molecular formula is C27H34BrNO5. The lowest BCUT2D eigenvalue weighted by molar-refractivity contribution is -0.0594. The normalized spacial score (nSPS) is 11.9. The van der Waals surface area contributed by atoms with Gasteiger partial charge in [0.05, 0.1) is 35.5 Å². The minimum Gasteiger partial charge on any atom is -0.497 e. The largest absolute Gasteiger partial charge is 0.497 e. The highest BCUT2D eigenvalue weighted by atomic mass is 79.9. The van der Waals surface area contributed by atoms with Crippen LogP contribution in [0.3, 0.4) is 0 Å². The van der Waals surface area contributed by atoms with Gasteiger partial charge in [-0.05, 0) is 71.1 Å². The molecule has 0 amide bonds. The quantitative estimate of drug-likeness (QED) is 0.285. The fourth-order valence-corrected chi connectivity index (χ4v) is 4.51. The zero-order chi connectivity index (χ0) is 25.2. The molecule has 1 heterocycles. The maximum atomic E-state index is 13.7. The van der Waals surface area contributed by atoms with Crippen molar-refractivity contribution < 1.29 is 23.7 Å². The maximum Gasteiger partial charge on any atom is 0.341 e. The first-order chi connectivity index (χ1) is 16.0. The first-order valence-corrected chi connectivity index (χ1v) is 12.2. The molecule has 0 N–H and O–H groups in total. The van der Waals surface area contributed by atoms with E-state index in [4.69, 9.17) is 18.9 Å². The van der Waals surface area contributed by atoms with E-state index in [2.05, 4.69) is 43.6 Å². The van der Waals surface area contributed by atoms with Gasteiger partial charge in [0.15, 0.2) is 0 Å². The Morgan fingerprint density at radius 1 is 1.00 bits per heavy atom. The van der Waals surface area contributed by atoms with E-state index in [0.29, 0.717) is 17.1 Å². The molecule has 3 aromatic rings. The van der Waals surface area contributed by atoms with Gasteiger partial charge in [-0.15, -0.1) is 0 Å². The van der Waals surface area contributed by atoms with E-state index in [-0.39, 0.29) is 24.4 Å². The fourth-order valence-electron chi connectivity index (χ4n) is 4.02. The summed E-state index contributed by atoms with van der Waals surface area (Å²) in [5.41, 5.74) is 1.48.